The summed E-state index contributed by atoms with van der Waals surface area (Å²) in [6, 6.07) is 6.70. The Kier molecular flexibility index (Phi) is 6.58. The summed E-state index contributed by atoms with van der Waals surface area (Å²) in [4.78, 5) is 17.3. The Labute approximate surface area is 165 Å². The fourth-order valence-electron chi connectivity index (χ4n) is 3.60. The molecule has 0 bridgehead atoms. The van der Waals surface area contributed by atoms with Gasteiger partial charge in [-0.3, -0.25) is 4.79 Å². The van der Waals surface area contributed by atoms with E-state index in [1.807, 2.05) is 13.8 Å². The molecule has 1 aliphatic carbocycles. The molecule has 2 aromatic rings. The molecular weight excluding hydrogens is 361 g/mol. The summed E-state index contributed by atoms with van der Waals surface area (Å²) in [5.74, 6) is -0.299. The fourth-order valence-corrected chi connectivity index (χ4v) is 4.69. The summed E-state index contributed by atoms with van der Waals surface area (Å²) in [5.41, 5.74) is 3.14. The lowest BCUT2D eigenvalue weighted by atomic mass is 9.95. The minimum atomic E-state index is -0.269. The number of imidazole rings is 1. The van der Waals surface area contributed by atoms with E-state index in [1.165, 1.54) is 61.7 Å². The molecule has 0 radical (unpaired) electrons. The Morgan fingerprint density at radius 1 is 1.26 bits per heavy atom. The summed E-state index contributed by atoms with van der Waals surface area (Å²) in [7, 11) is 0. The second kappa shape index (κ2) is 8.91. The van der Waals surface area contributed by atoms with Crippen molar-refractivity contribution in [2.24, 2.45) is 0 Å². The van der Waals surface area contributed by atoms with Crippen LogP contribution in [0.2, 0.25) is 0 Å². The highest BCUT2D eigenvalue weighted by atomic mass is 32.2. The van der Waals surface area contributed by atoms with Crippen LogP contribution < -0.4 is 5.32 Å². The van der Waals surface area contributed by atoms with Gasteiger partial charge in [-0.2, -0.15) is 0 Å². The van der Waals surface area contributed by atoms with Crippen LogP contribution >= 0.6 is 11.8 Å². The third-order valence-corrected chi connectivity index (χ3v) is 6.39. The van der Waals surface area contributed by atoms with Gasteiger partial charge >= 0.3 is 0 Å². The van der Waals surface area contributed by atoms with Crippen LogP contribution in [0.4, 0.5) is 4.39 Å². The Morgan fingerprint density at radius 3 is 2.59 bits per heavy atom. The number of aromatic nitrogens is 2. The van der Waals surface area contributed by atoms with Crippen LogP contribution in [0.15, 0.2) is 29.4 Å². The Morgan fingerprint density at radius 2 is 1.93 bits per heavy atom. The Balaban J connectivity index is 1.64. The van der Waals surface area contributed by atoms with Gasteiger partial charge < -0.3 is 9.88 Å². The van der Waals surface area contributed by atoms with E-state index in [9.17, 15) is 9.18 Å². The highest BCUT2D eigenvalue weighted by Gasteiger charge is 2.24. The van der Waals surface area contributed by atoms with Gasteiger partial charge in [0.05, 0.1) is 10.9 Å². The monoisotopic (exact) mass is 389 g/mol. The molecule has 1 aliphatic rings. The normalized spacial score (nSPS) is 16.3. The van der Waals surface area contributed by atoms with Crippen molar-refractivity contribution in [1.82, 2.24) is 14.9 Å². The highest BCUT2D eigenvalue weighted by Crippen LogP contribution is 2.35. The lowest BCUT2D eigenvalue weighted by Crippen LogP contribution is -2.30. The van der Waals surface area contributed by atoms with Gasteiger partial charge in [-0.1, -0.05) is 43.2 Å². The molecule has 1 aromatic carbocycles. The summed E-state index contributed by atoms with van der Waals surface area (Å²) in [5, 5.41) is 3.64. The number of amides is 1. The van der Waals surface area contributed by atoms with Crippen LogP contribution in [0.1, 0.15) is 62.0 Å². The quantitative estimate of drug-likeness (QED) is 0.712. The van der Waals surface area contributed by atoms with Crippen LogP contribution in [0.3, 0.4) is 0 Å². The predicted octanol–water partition coefficient (Wildman–Crippen LogP) is 4.94. The molecule has 3 rings (SSSR count). The smallest absolute Gasteiger partial charge is 0.233 e. The van der Waals surface area contributed by atoms with Crippen molar-refractivity contribution in [3.05, 3.63) is 47.0 Å². The van der Waals surface area contributed by atoms with E-state index < -0.39 is 0 Å². The maximum absolute atomic E-state index is 13.0. The van der Waals surface area contributed by atoms with Crippen LogP contribution in [0.25, 0.3) is 0 Å². The first-order chi connectivity index (χ1) is 13.0. The summed E-state index contributed by atoms with van der Waals surface area (Å²) >= 11 is 1.52. The molecule has 1 amide bonds. The lowest BCUT2D eigenvalue weighted by Gasteiger charge is -2.26. The second-order valence-corrected chi connectivity index (χ2v) is 8.64. The van der Waals surface area contributed by atoms with Crippen molar-refractivity contribution in [3.63, 3.8) is 0 Å². The molecule has 4 nitrogen and oxygen atoms in total. The Bertz CT molecular complexity index is 781. The van der Waals surface area contributed by atoms with E-state index >= 15 is 0 Å². The maximum Gasteiger partial charge on any atom is 0.233 e. The fraction of sp³-hybridized carbons (Fsp3) is 0.524. The molecule has 1 saturated carbocycles. The average molecular weight is 390 g/mol. The lowest BCUT2D eigenvalue weighted by molar-refractivity contribution is -0.120. The summed E-state index contributed by atoms with van der Waals surface area (Å²) in [6.45, 7) is 6.48. The number of hydrogen-bond acceptors (Lipinski definition) is 3. The first-order valence-corrected chi connectivity index (χ1v) is 10.6. The van der Waals surface area contributed by atoms with E-state index in [1.54, 1.807) is 12.1 Å². The van der Waals surface area contributed by atoms with Crippen LogP contribution in [0.5, 0.6) is 0 Å². The topological polar surface area (TPSA) is 46.9 Å². The van der Waals surface area contributed by atoms with Crippen molar-refractivity contribution < 1.29 is 9.18 Å². The third kappa shape index (κ3) is 4.92. The molecule has 27 heavy (non-hydrogen) atoms. The molecule has 1 N–H and O–H groups in total. The van der Waals surface area contributed by atoms with Gasteiger partial charge in [0.2, 0.25) is 5.91 Å². The van der Waals surface area contributed by atoms with Gasteiger partial charge in [0.1, 0.15) is 5.82 Å². The van der Waals surface area contributed by atoms with Crippen LogP contribution in [-0.2, 0) is 11.3 Å². The molecule has 1 unspecified atom stereocenters. The van der Waals surface area contributed by atoms with E-state index in [-0.39, 0.29) is 17.0 Å². The minimum Gasteiger partial charge on any atom is -0.351 e. The van der Waals surface area contributed by atoms with Gasteiger partial charge in [-0.05, 0) is 51.3 Å². The standard InChI is InChI=1S/C21H28FN3OS/c1-14-15(2)25(19-7-5-4-6-8-19)21(24-14)27-16(3)20(26)23-13-17-9-11-18(22)12-10-17/h9-12,16,19H,4-8,13H2,1-3H3,(H,23,26). The molecule has 0 saturated heterocycles. The van der Waals surface area contributed by atoms with Crippen molar-refractivity contribution in [1.29, 1.82) is 0 Å². The van der Waals surface area contributed by atoms with Gasteiger partial charge in [-0.25, -0.2) is 9.37 Å². The predicted molar refractivity (Wildman–Crippen MR) is 107 cm³/mol. The average Bonchev–Trinajstić information content (AvgIpc) is 2.95. The van der Waals surface area contributed by atoms with E-state index in [2.05, 4.69) is 16.8 Å². The van der Waals surface area contributed by atoms with Gasteiger partial charge in [0.15, 0.2) is 5.16 Å². The Hall–Kier alpha value is -1.82. The molecule has 6 heteroatoms. The van der Waals surface area contributed by atoms with Gasteiger partial charge in [0, 0.05) is 18.3 Å². The number of benzene rings is 1. The summed E-state index contributed by atoms with van der Waals surface area (Å²) in [6.07, 6.45) is 6.22. The van der Waals surface area contributed by atoms with Crippen molar-refractivity contribution in [3.8, 4) is 0 Å². The van der Waals surface area contributed by atoms with Crippen LogP contribution in [0, 0.1) is 19.7 Å². The number of rotatable bonds is 6. The number of carbonyl (C=O) groups excluding carboxylic acids is 1. The molecule has 0 aliphatic heterocycles. The molecule has 1 fully saturated rings. The zero-order chi connectivity index (χ0) is 19.4. The number of nitrogens with zero attached hydrogens (tertiary/aromatic N) is 2. The van der Waals surface area contributed by atoms with E-state index in [4.69, 9.17) is 4.98 Å². The van der Waals surface area contributed by atoms with Gasteiger partial charge in [-0.15, -0.1) is 0 Å². The van der Waals surface area contributed by atoms with Gasteiger partial charge in [0.25, 0.3) is 0 Å². The molecule has 146 valence electrons. The molecule has 0 spiro atoms. The largest absolute Gasteiger partial charge is 0.351 e. The number of thioether (sulfide) groups is 1. The maximum atomic E-state index is 13.0. The first kappa shape index (κ1) is 19.9. The number of hydrogen-bond donors (Lipinski definition) is 1. The zero-order valence-corrected chi connectivity index (χ0v) is 17.1. The summed E-state index contributed by atoms with van der Waals surface area (Å²) < 4.78 is 15.3. The highest BCUT2D eigenvalue weighted by molar-refractivity contribution is 8.00. The number of carbonyl (C=O) groups is 1. The molecule has 1 heterocycles. The molecule has 1 aromatic heterocycles. The van der Waals surface area contributed by atoms with Crippen molar-refractivity contribution >= 4 is 17.7 Å². The second-order valence-electron chi connectivity index (χ2n) is 7.33. The van der Waals surface area contributed by atoms with Crippen LogP contribution in [-0.4, -0.2) is 20.7 Å². The molecular formula is C21H28FN3OS. The minimum absolute atomic E-state index is 0.0298. The SMILES string of the molecule is Cc1nc(SC(C)C(=O)NCc2ccc(F)cc2)n(C2CCCCC2)c1C. The number of nitrogens with one attached hydrogen (secondary N) is 1. The molecule has 1 atom stereocenters. The van der Waals surface area contributed by atoms with Crippen molar-refractivity contribution in [2.75, 3.05) is 0 Å². The van der Waals surface area contributed by atoms with E-state index in [0.29, 0.717) is 12.6 Å². The number of halogens is 1. The van der Waals surface area contributed by atoms with Crippen molar-refractivity contribution in [2.45, 2.75) is 75.9 Å². The number of aryl methyl sites for hydroxylation is 1. The zero-order valence-electron chi connectivity index (χ0n) is 16.3. The third-order valence-electron chi connectivity index (χ3n) is 5.33. The van der Waals surface area contributed by atoms with E-state index in [0.717, 1.165) is 16.4 Å². The first-order valence-electron chi connectivity index (χ1n) is 9.70.